The lowest BCUT2D eigenvalue weighted by atomic mass is 10.1. The van der Waals surface area contributed by atoms with Crippen LogP contribution in [-0.4, -0.2) is 39.0 Å². The van der Waals surface area contributed by atoms with Gasteiger partial charge in [-0.2, -0.15) is 0 Å². The Hall–Kier alpha value is -2.97. The molecule has 2 aromatic rings. The summed E-state index contributed by atoms with van der Waals surface area (Å²) >= 11 is 0. The molecule has 0 bridgehead atoms. The van der Waals surface area contributed by atoms with Crippen LogP contribution >= 0.6 is 0 Å². The van der Waals surface area contributed by atoms with Gasteiger partial charge >= 0.3 is 0 Å². The Balaban J connectivity index is 1.44. The maximum atomic E-state index is 14.6. The van der Waals surface area contributed by atoms with Gasteiger partial charge in [0.25, 0.3) is 5.91 Å². The summed E-state index contributed by atoms with van der Waals surface area (Å²) in [6.07, 6.45) is 1.86. The molecule has 0 radical (unpaired) electrons. The van der Waals surface area contributed by atoms with Crippen LogP contribution in [0, 0.1) is 11.6 Å². The molecule has 6 nitrogen and oxygen atoms in total. The highest BCUT2D eigenvalue weighted by Gasteiger charge is 2.24. The van der Waals surface area contributed by atoms with Crippen LogP contribution in [0.3, 0.4) is 0 Å². The van der Waals surface area contributed by atoms with E-state index in [1.165, 1.54) is 30.5 Å². The van der Waals surface area contributed by atoms with Crippen LogP contribution in [0.5, 0.6) is 0 Å². The topological polar surface area (TPSA) is 62.8 Å². The van der Waals surface area contributed by atoms with E-state index in [1.54, 1.807) is 24.1 Å². The van der Waals surface area contributed by atoms with Gasteiger partial charge in [-0.3, -0.25) is 4.79 Å². The van der Waals surface area contributed by atoms with Crippen LogP contribution in [0.15, 0.2) is 42.6 Å². The van der Waals surface area contributed by atoms with Gasteiger partial charge in [0.2, 0.25) is 0 Å². The SMILES string of the molecule is CN(CCC1OCCO1)c1ccc(NC=C2C(=O)Nc3ccc(F)cc32)cc1F. The summed E-state index contributed by atoms with van der Waals surface area (Å²) < 4.78 is 38.9. The van der Waals surface area contributed by atoms with E-state index in [2.05, 4.69) is 10.6 Å². The van der Waals surface area contributed by atoms with Crippen molar-refractivity contribution in [1.82, 2.24) is 0 Å². The average Bonchev–Trinajstić information content (AvgIpc) is 3.32. The Morgan fingerprint density at radius 3 is 2.76 bits per heavy atom. The van der Waals surface area contributed by atoms with Crippen LogP contribution in [0.4, 0.5) is 25.8 Å². The van der Waals surface area contributed by atoms with Crippen molar-refractivity contribution in [2.45, 2.75) is 12.7 Å². The number of carbonyl (C=O) groups excluding carboxylic acids is 1. The van der Waals surface area contributed by atoms with Crippen molar-refractivity contribution in [3.8, 4) is 0 Å². The molecule has 2 aromatic carbocycles. The summed E-state index contributed by atoms with van der Waals surface area (Å²) in [6, 6.07) is 8.81. The molecule has 4 rings (SSSR count). The molecule has 0 aliphatic carbocycles. The van der Waals surface area contributed by atoms with Gasteiger partial charge in [-0.15, -0.1) is 0 Å². The quantitative estimate of drug-likeness (QED) is 0.725. The fourth-order valence-corrected chi connectivity index (χ4v) is 3.36. The maximum Gasteiger partial charge on any atom is 0.257 e. The first-order valence-corrected chi connectivity index (χ1v) is 9.33. The summed E-state index contributed by atoms with van der Waals surface area (Å²) in [7, 11) is 1.80. The summed E-state index contributed by atoms with van der Waals surface area (Å²) in [6.45, 7) is 1.77. The Kier molecular flexibility index (Phi) is 5.46. The number of hydrogen-bond donors (Lipinski definition) is 2. The van der Waals surface area contributed by atoms with Gasteiger partial charge in [-0.1, -0.05) is 0 Å². The molecule has 1 saturated heterocycles. The average molecular weight is 401 g/mol. The van der Waals surface area contributed by atoms with E-state index in [0.29, 0.717) is 48.8 Å². The van der Waals surface area contributed by atoms with E-state index >= 15 is 0 Å². The van der Waals surface area contributed by atoms with Crippen LogP contribution in [-0.2, 0) is 14.3 Å². The minimum Gasteiger partial charge on any atom is -0.372 e. The first-order valence-electron chi connectivity index (χ1n) is 9.33. The van der Waals surface area contributed by atoms with Crippen LogP contribution in [0.2, 0.25) is 0 Å². The number of halogens is 2. The number of anilines is 3. The van der Waals surface area contributed by atoms with Crippen molar-refractivity contribution >= 4 is 28.5 Å². The summed E-state index contributed by atoms with van der Waals surface area (Å²) in [5.74, 6) is -1.17. The summed E-state index contributed by atoms with van der Waals surface area (Å²) in [5, 5.41) is 5.59. The van der Waals surface area contributed by atoms with Gasteiger partial charge in [-0.25, -0.2) is 8.78 Å². The first-order chi connectivity index (χ1) is 14.0. The Morgan fingerprint density at radius 1 is 1.21 bits per heavy atom. The molecule has 1 amide bonds. The number of nitrogens with one attached hydrogen (secondary N) is 2. The van der Waals surface area contributed by atoms with Crippen LogP contribution in [0.1, 0.15) is 12.0 Å². The highest BCUT2D eigenvalue weighted by Crippen LogP contribution is 2.32. The lowest BCUT2D eigenvalue weighted by Gasteiger charge is -2.21. The summed E-state index contributed by atoms with van der Waals surface area (Å²) in [4.78, 5) is 13.9. The van der Waals surface area contributed by atoms with Crippen molar-refractivity contribution in [2.24, 2.45) is 0 Å². The normalized spacial score (nSPS) is 17.5. The van der Waals surface area contributed by atoms with Crippen molar-refractivity contribution in [3.05, 3.63) is 59.8 Å². The minimum atomic E-state index is -0.432. The molecule has 2 N–H and O–H groups in total. The van der Waals surface area contributed by atoms with E-state index in [0.717, 1.165) is 0 Å². The predicted octanol–water partition coefficient (Wildman–Crippen LogP) is 3.57. The monoisotopic (exact) mass is 401 g/mol. The zero-order valence-corrected chi connectivity index (χ0v) is 15.9. The molecule has 2 heterocycles. The zero-order valence-electron chi connectivity index (χ0n) is 15.9. The lowest BCUT2D eigenvalue weighted by molar-refractivity contribution is -0.110. The van der Waals surface area contributed by atoms with Gasteiger partial charge in [0.05, 0.1) is 24.5 Å². The minimum absolute atomic E-state index is 0.238. The number of rotatable bonds is 6. The number of amides is 1. The molecule has 0 unspecified atom stereocenters. The fourth-order valence-electron chi connectivity index (χ4n) is 3.36. The zero-order chi connectivity index (χ0) is 20.4. The first kappa shape index (κ1) is 19.4. The van der Waals surface area contributed by atoms with Gasteiger partial charge in [-0.05, 0) is 36.4 Å². The van der Waals surface area contributed by atoms with Crippen molar-refractivity contribution < 1.29 is 23.0 Å². The molecule has 0 spiro atoms. The third-order valence-corrected chi connectivity index (χ3v) is 4.90. The second-order valence-corrected chi connectivity index (χ2v) is 6.89. The number of hydrogen-bond acceptors (Lipinski definition) is 5. The molecule has 8 heteroatoms. The molecule has 0 aromatic heterocycles. The fraction of sp³-hybridized carbons (Fsp3) is 0.286. The van der Waals surface area contributed by atoms with Crippen LogP contribution < -0.4 is 15.5 Å². The Morgan fingerprint density at radius 2 is 2.00 bits per heavy atom. The molecule has 0 atom stereocenters. The third-order valence-electron chi connectivity index (χ3n) is 4.90. The van der Waals surface area contributed by atoms with Gasteiger partial charge in [0.1, 0.15) is 11.6 Å². The molecule has 152 valence electrons. The van der Waals surface area contributed by atoms with Crippen molar-refractivity contribution in [1.29, 1.82) is 0 Å². The number of benzene rings is 2. The lowest BCUT2D eigenvalue weighted by Crippen LogP contribution is -2.24. The Bertz CT molecular complexity index is 958. The number of fused-ring (bicyclic) bond motifs is 1. The highest BCUT2D eigenvalue weighted by molar-refractivity contribution is 6.31. The van der Waals surface area contributed by atoms with Crippen molar-refractivity contribution in [2.75, 3.05) is 42.3 Å². The highest BCUT2D eigenvalue weighted by atomic mass is 19.1. The van der Waals surface area contributed by atoms with Crippen LogP contribution in [0.25, 0.3) is 5.57 Å². The predicted molar refractivity (Wildman–Crippen MR) is 107 cm³/mol. The molecular formula is C21H21F2N3O3. The molecule has 2 aliphatic heterocycles. The molecule has 1 fully saturated rings. The summed E-state index contributed by atoms with van der Waals surface area (Å²) in [5.41, 5.74) is 2.23. The van der Waals surface area contributed by atoms with E-state index in [4.69, 9.17) is 9.47 Å². The second-order valence-electron chi connectivity index (χ2n) is 6.89. The molecule has 0 saturated carbocycles. The molecule has 29 heavy (non-hydrogen) atoms. The van der Waals surface area contributed by atoms with Crippen molar-refractivity contribution in [3.63, 3.8) is 0 Å². The van der Waals surface area contributed by atoms with E-state index in [-0.39, 0.29) is 17.8 Å². The molecule has 2 aliphatic rings. The smallest absolute Gasteiger partial charge is 0.257 e. The maximum absolute atomic E-state index is 14.6. The third kappa shape index (κ3) is 4.23. The number of carbonyl (C=O) groups is 1. The second kappa shape index (κ2) is 8.18. The standard InChI is InChI=1S/C21H21F2N3O3/c1-26(7-6-20-28-8-9-29-20)19-5-3-14(11-17(19)23)24-12-16-15-10-13(22)2-4-18(15)25-21(16)27/h2-5,10-12,20,24H,6-9H2,1H3,(H,25,27). The molecular weight excluding hydrogens is 380 g/mol. The van der Waals surface area contributed by atoms with Gasteiger partial charge < -0.3 is 25.0 Å². The Labute approximate surface area is 167 Å². The van der Waals surface area contributed by atoms with Gasteiger partial charge in [0, 0.05) is 43.2 Å². The number of nitrogens with zero attached hydrogens (tertiary/aromatic N) is 1. The van der Waals surface area contributed by atoms with E-state index < -0.39 is 11.6 Å². The van der Waals surface area contributed by atoms with Gasteiger partial charge in [0.15, 0.2) is 6.29 Å². The van der Waals surface area contributed by atoms with E-state index in [9.17, 15) is 13.6 Å². The largest absolute Gasteiger partial charge is 0.372 e. The van der Waals surface area contributed by atoms with E-state index in [1.807, 2.05) is 0 Å². The number of ether oxygens (including phenoxy) is 2.